The van der Waals surface area contributed by atoms with E-state index in [1.54, 1.807) is 54.9 Å². The first kappa shape index (κ1) is 18.1. The van der Waals surface area contributed by atoms with Crippen molar-refractivity contribution in [1.82, 2.24) is 14.9 Å². The van der Waals surface area contributed by atoms with E-state index in [1.165, 1.54) is 0 Å². The monoisotopic (exact) mass is 357 g/mol. The molecule has 134 valence electrons. The Kier molecular flexibility index (Phi) is 5.75. The summed E-state index contributed by atoms with van der Waals surface area (Å²) in [6.07, 6.45) is 7.49. The molecule has 6 heteroatoms. The minimum absolute atomic E-state index is 0.0833. The van der Waals surface area contributed by atoms with Crippen molar-refractivity contribution in [3.63, 3.8) is 0 Å². The molecule has 2 heterocycles. The molecule has 2 aromatic heterocycles. The Morgan fingerprint density at radius 3 is 2.52 bits per heavy atom. The van der Waals surface area contributed by atoms with Gasteiger partial charge in [0.25, 0.3) is 5.91 Å². The zero-order valence-electron chi connectivity index (χ0n) is 15.0. The number of aromatic nitrogens is 2. The van der Waals surface area contributed by atoms with Crippen molar-refractivity contribution in [2.24, 2.45) is 0 Å². The van der Waals surface area contributed by atoms with E-state index in [2.05, 4.69) is 21.4 Å². The smallest absolute Gasteiger partial charge is 0.255 e. The third-order valence-corrected chi connectivity index (χ3v) is 4.12. The van der Waals surface area contributed by atoms with Crippen molar-refractivity contribution < 1.29 is 4.79 Å². The number of hydrogen-bond acceptors (Lipinski definition) is 5. The number of rotatable bonds is 6. The molecule has 3 aromatic rings. The molecule has 0 bridgehead atoms. The van der Waals surface area contributed by atoms with Crippen LogP contribution >= 0.6 is 0 Å². The minimum atomic E-state index is -0.0833. The number of carbonyl (C=O) groups excluding carboxylic acids is 1. The number of likely N-dealkylation sites (N-methyl/N-ethyl adjacent to an activating group) is 1. The van der Waals surface area contributed by atoms with E-state index in [9.17, 15) is 4.79 Å². The van der Waals surface area contributed by atoms with Crippen LogP contribution < -0.4 is 5.32 Å². The predicted octanol–water partition coefficient (Wildman–Crippen LogP) is 3.41. The summed E-state index contributed by atoms with van der Waals surface area (Å²) in [4.78, 5) is 22.5. The van der Waals surface area contributed by atoms with Crippen molar-refractivity contribution in [1.29, 1.82) is 5.26 Å². The number of carbonyl (C=O) groups is 1. The van der Waals surface area contributed by atoms with Crippen LogP contribution in [-0.4, -0.2) is 34.4 Å². The Morgan fingerprint density at radius 1 is 1.07 bits per heavy atom. The summed E-state index contributed by atoms with van der Waals surface area (Å²) in [6, 6.07) is 14.8. The van der Waals surface area contributed by atoms with Crippen LogP contribution in [0.2, 0.25) is 0 Å². The van der Waals surface area contributed by atoms with Gasteiger partial charge < -0.3 is 10.2 Å². The molecule has 1 amide bonds. The van der Waals surface area contributed by atoms with Crippen LogP contribution in [0.3, 0.4) is 0 Å². The van der Waals surface area contributed by atoms with Gasteiger partial charge in [-0.15, -0.1) is 0 Å². The third kappa shape index (κ3) is 4.89. The van der Waals surface area contributed by atoms with Gasteiger partial charge in [-0.1, -0.05) is 0 Å². The van der Waals surface area contributed by atoms with Crippen LogP contribution in [0.4, 0.5) is 11.4 Å². The number of nitrogens with zero attached hydrogens (tertiary/aromatic N) is 4. The van der Waals surface area contributed by atoms with Crippen molar-refractivity contribution >= 4 is 17.3 Å². The molecule has 0 saturated heterocycles. The fourth-order valence-electron chi connectivity index (χ4n) is 2.59. The van der Waals surface area contributed by atoms with E-state index >= 15 is 0 Å². The van der Waals surface area contributed by atoms with E-state index < -0.39 is 0 Å². The van der Waals surface area contributed by atoms with Crippen molar-refractivity contribution in [3.8, 4) is 6.07 Å². The predicted molar refractivity (Wildman–Crippen MR) is 104 cm³/mol. The Balaban J connectivity index is 1.64. The van der Waals surface area contributed by atoms with Crippen LogP contribution in [0.15, 0.2) is 67.3 Å². The maximum Gasteiger partial charge on any atom is 0.255 e. The maximum atomic E-state index is 12.7. The van der Waals surface area contributed by atoms with Crippen LogP contribution in [0.5, 0.6) is 0 Å². The second kappa shape index (κ2) is 8.59. The summed E-state index contributed by atoms with van der Waals surface area (Å²) in [5.41, 5.74) is 3.79. The third-order valence-electron chi connectivity index (χ3n) is 4.12. The molecule has 0 fully saturated rings. The standard InChI is InChI=1S/C21H19N5O/c1-26(11-8-16-6-9-23-10-7-16)21(27)18-12-20(15-24-14-18)25-19-4-2-17(13-22)3-5-19/h2-7,9-10,12,14-15,25H,8,11H2,1H3. The molecule has 27 heavy (non-hydrogen) atoms. The van der Waals surface area contributed by atoms with Gasteiger partial charge in [0.2, 0.25) is 0 Å². The molecule has 0 aliphatic rings. The highest BCUT2D eigenvalue weighted by atomic mass is 16.2. The van der Waals surface area contributed by atoms with Gasteiger partial charge in [0.15, 0.2) is 0 Å². The lowest BCUT2D eigenvalue weighted by Gasteiger charge is -2.17. The van der Waals surface area contributed by atoms with Crippen molar-refractivity contribution in [2.75, 3.05) is 18.9 Å². The summed E-state index contributed by atoms with van der Waals surface area (Å²) in [6.45, 7) is 0.607. The molecule has 3 rings (SSSR count). The number of nitrogens with one attached hydrogen (secondary N) is 1. The fourth-order valence-corrected chi connectivity index (χ4v) is 2.59. The molecule has 0 aliphatic heterocycles. The first-order chi connectivity index (χ1) is 13.2. The fraction of sp³-hybridized carbons (Fsp3) is 0.143. The number of hydrogen-bond donors (Lipinski definition) is 1. The lowest BCUT2D eigenvalue weighted by molar-refractivity contribution is 0.0796. The topological polar surface area (TPSA) is 81.9 Å². The number of anilines is 2. The summed E-state index contributed by atoms with van der Waals surface area (Å²) in [5, 5.41) is 12.1. The van der Waals surface area contributed by atoms with Gasteiger partial charge in [-0.25, -0.2) is 0 Å². The second-order valence-electron chi connectivity index (χ2n) is 6.11. The Labute approximate surface area is 158 Å². The average molecular weight is 357 g/mol. The number of amides is 1. The second-order valence-corrected chi connectivity index (χ2v) is 6.11. The molecular weight excluding hydrogens is 338 g/mol. The zero-order chi connectivity index (χ0) is 19.1. The Bertz CT molecular complexity index is 948. The van der Waals surface area contributed by atoms with Gasteiger partial charge >= 0.3 is 0 Å². The summed E-state index contributed by atoms with van der Waals surface area (Å²) in [7, 11) is 1.78. The first-order valence-electron chi connectivity index (χ1n) is 8.52. The van der Waals surface area contributed by atoms with E-state index in [-0.39, 0.29) is 5.91 Å². The highest BCUT2D eigenvalue weighted by molar-refractivity contribution is 5.94. The zero-order valence-corrected chi connectivity index (χ0v) is 15.0. The van der Waals surface area contributed by atoms with Crippen LogP contribution in [-0.2, 0) is 6.42 Å². The number of nitriles is 1. The molecule has 1 aromatic carbocycles. The van der Waals surface area contributed by atoms with Crippen LogP contribution in [0.25, 0.3) is 0 Å². The van der Waals surface area contributed by atoms with E-state index in [4.69, 9.17) is 5.26 Å². The van der Waals surface area contributed by atoms with Gasteiger partial charge in [-0.2, -0.15) is 5.26 Å². The van der Waals surface area contributed by atoms with Crippen molar-refractivity contribution in [3.05, 3.63) is 83.9 Å². The molecule has 0 saturated carbocycles. The SMILES string of the molecule is CN(CCc1ccncc1)C(=O)c1cncc(Nc2ccc(C#N)cc2)c1. The average Bonchev–Trinajstić information content (AvgIpc) is 2.73. The van der Waals surface area contributed by atoms with Crippen LogP contribution in [0, 0.1) is 11.3 Å². The van der Waals surface area contributed by atoms with Crippen LogP contribution in [0.1, 0.15) is 21.5 Å². The Morgan fingerprint density at radius 2 is 1.81 bits per heavy atom. The van der Waals surface area contributed by atoms with Gasteiger partial charge in [-0.05, 0) is 54.4 Å². The van der Waals surface area contributed by atoms with Gasteiger partial charge in [0, 0.05) is 37.9 Å². The van der Waals surface area contributed by atoms with Crippen molar-refractivity contribution in [2.45, 2.75) is 6.42 Å². The molecule has 1 N–H and O–H groups in total. The molecule has 0 spiro atoms. The maximum absolute atomic E-state index is 12.7. The highest BCUT2D eigenvalue weighted by Crippen LogP contribution is 2.18. The van der Waals surface area contributed by atoms with E-state index in [1.807, 2.05) is 24.3 Å². The summed E-state index contributed by atoms with van der Waals surface area (Å²) < 4.78 is 0. The number of pyridine rings is 2. The largest absolute Gasteiger partial charge is 0.354 e. The molecule has 0 atom stereocenters. The minimum Gasteiger partial charge on any atom is -0.354 e. The molecule has 0 aliphatic carbocycles. The number of benzene rings is 1. The molecular formula is C21H19N5O. The van der Waals surface area contributed by atoms with Gasteiger partial charge in [-0.3, -0.25) is 14.8 Å². The summed E-state index contributed by atoms with van der Waals surface area (Å²) >= 11 is 0. The lowest BCUT2D eigenvalue weighted by Crippen LogP contribution is -2.29. The quantitative estimate of drug-likeness (QED) is 0.731. The molecule has 0 radical (unpaired) electrons. The highest BCUT2D eigenvalue weighted by Gasteiger charge is 2.13. The van der Waals surface area contributed by atoms with Gasteiger partial charge in [0.05, 0.1) is 29.1 Å². The van der Waals surface area contributed by atoms with Gasteiger partial charge in [0.1, 0.15) is 0 Å². The van der Waals surface area contributed by atoms with E-state index in [0.29, 0.717) is 23.4 Å². The summed E-state index contributed by atoms with van der Waals surface area (Å²) in [5.74, 6) is -0.0833. The first-order valence-corrected chi connectivity index (χ1v) is 8.52. The van der Waals surface area contributed by atoms with E-state index in [0.717, 1.165) is 17.7 Å². The molecule has 0 unspecified atom stereocenters. The molecule has 6 nitrogen and oxygen atoms in total. The lowest BCUT2D eigenvalue weighted by atomic mass is 10.1. The normalized spacial score (nSPS) is 10.1. The Hall–Kier alpha value is -3.72.